The van der Waals surface area contributed by atoms with Gasteiger partial charge < -0.3 is 9.73 Å². The standard InChI is InChI=1S/C18H24ClNO/c1-18(2,3)20-11-13-7-4-8-14(13)16-10-12-6-5-9-15(19)17(12)21-16/h5-6,9-10,13-14,20H,4,7-8,11H2,1-3H3. The third-order valence-electron chi connectivity index (χ3n) is 4.43. The predicted octanol–water partition coefficient (Wildman–Crippen LogP) is 5.36. The van der Waals surface area contributed by atoms with Crippen LogP contribution in [0.2, 0.25) is 5.02 Å². The van der Waals surface area contributed by atoms with Crippen LogP contribution in [-0.4, -0.2) is 12.1 Å². The molecule has 2 unspecified atom stereocenters. The van der Waals surface area contributed by atoms with Gasteiger partial charge in [-0.3, -0.25) is 0 Å². The van der Waals surface area contributed by atoms with Crippen molar-refractivity contribution in [2.75, 3.05) is 6.54 Å². The maximum absolute atomic E-state index is 6.23. The van der Waals surface area contributed by atoms with Crippen LogP contribution in [0.3, 0.4) is 0 Å². The SMILES string of the molecule is CC(C)(C)NCC1CCCC1c1cc2cccc(Cl)c2o1. The molecule has 21 heavy (non-hydrogen) atoms. The topological polar surface area (TPSA) is 25.2 Å². The molecule has 2 atom stereocenters. The molecule has 3 rings (SSSR count). The van der Waals surface area contributed by atoms with Gasteiger partial charge in [-0.15, -0.1) is 0 Å². The van der Waals surface area contributed by atoms with E-state index in [0.29, 0.717) is 16.9 Å². The summed E-state index contributed by atoms with van der Waals surface area (Å²) in [5, 5.41) is 5.47. The van der Waals surface area contributed by atoms with E-state index in [2.05, 4.69) is 38.2 Å². The minimum Gasteiger partial charge on any atom is -0.459 e. The van der Waals surface area contributed by atoms with E-state index in [9.17, 15) is 0 Å². The summed E-state index contributed by atoms with van der Waals surface area (Å²) < 4.78 is 6.09. The van der Waals surface area contributed by atoms with Gasteiger partial charge in [-0.25, -0.2) is 0 Å². The van der Waals surface area contributed by atoms with Crippen LogP contribution in [0.25, 0.3) is 11.0 Å². The van der Waals surface area contributed by atoms with Crippen molar-refractivity contribution in [1.29, 1.82) is 0 Å². The fourth-order valence-corrected chi connectivity index (χ4v) is 3.54. The summed E-state index contributed by atoms with van der Waals surface area (Å²) in [6, 6.07) is 8.13. The Bertz CT molecular complexity index is 626. The molecule has 1 fully saturated rings. The molecule has 0 amide bonds. The molecule has 1 aliphatic rings. The van der Waals surface area contributed by atoms with E-state index in [1.807, 2.05) is 12.1 Å². The minimum atomic E-state index is 0.171. The van der Waals surface area contributed by atoms with Gasteiger partial charge in [0.25, 0.3) is 0 Å². The zero-order valence-electron chi connectivity index (χ0n) is 13.1. The number of para-hydroxylation sites is 1. The number of rotatable bonds is 3. The summed E-state index contributed by atoms with van der Waals surface area (Å²) in [5.41, 5.74) is 1.01. The first-order valence-electron chi connectivity index (χ1n) is 7.87. The Morgan fingerprint density at radius 3 is 2.81 bits per heavy atom. The molecule has 0 spiro atoms. The van der Waals surface area contributed by atoms with Crippen LogP contribution in [0.1, 0.15) is 51.7 Å². The van der Waals surface area contributed by atoms with Gasteiger partial charge in [-0.2, -0.15) is 0 Å². The van der Waals surface area contributed by atoms with Crippen molar-refractivity contribution in [2.24, 2.45) is 5.92 Å². The van der Waals surface area contributed by atoms with Gasteiger partial charge >= 0.3 is 0 Å². The van der Waals surface area contributed by atoms with Crippen LogP contribution >= 0.6 is 11.6 Å². The zero-order chi connectivity index (χ0) is 15.0. The van der Waals surface area contributed by atoms with Gasteiger partial charge in [0, 0.05) is 16.8 Å². The van der Waals surface area contributed by atoms with Crippen LogP contribution in [-0.2, 0) is 0 Å². The second-order valence-corrected chi connectivity index (χ2v) is 7.64. The Balaban J connectivity index is 1.82. The molecular weight excluding hydrogens is 282 g/mol. The molecule has 3 heteroatoms. The van der Waals surface area contributed by atoms with Gasteiger partial charge in [0.15, 0.2) is 5.58 Å². The Labute approximate surface area is 131 Å². The van der Waals surface area contributed by atoms with Crippen LogP contribution in [0.4, 0.5) is 0 Å². The molecule has 1 saturated carbocycles. The second-order valence-electron chi connectivity index (χ2n) is 7.24. The number of hydrogen-bond donors (Lipinski definition) is 1. The Kier molecular flexibility index (Phi) is 4.02. The van der Waals surface area contributed by atoms with E-state index in [0.717, 1.165) is 23.3 Å². The van der Waals surface area contributed by atoms with Crippen molar-refractivity contribution in [3.8, 4) is 0 Å². The molecule has 1 aliphatic carbocycles. The molecule has 2 aromatic rings. The largest absolute Gasteiger partial charge is 0.459 e. The molecule has 1 N–H and O–H groups in total. The highest BCUT2D eigenvalue weighted by atomic mass is 35.5. The molecule has 0 bridgehead atoms. The monoisotopic (exact) mass is 305 g/mol. The maximum Gasteiger partial charge on any atom is 0.152 e. The van der Waals surface area contributed by atoms with Crippen molar-refractivity contribution in [1.82, 2.24) is 5.32 Å². The first-order valence-corrected chi connectivity index (χ1v) is 8.25. The van der Waals surface area contributed by atoms with Gasteiger partial charge in [0.2, 0.25) is 0 Å². The molecule has 2 nitrogen and oxygen atoms in total. The molecule has 0 radical (unpaired) electrons. The summed E-state index contributed by atoms with van der Waals surface area (Å²) in [5.74, 6) is 2.28. The average Bonchev–Trinajstić information content (AvgIpc) is 3.02. The van der Waals surface area contributed by atoms with Crippen molar-refractivity contribution in [2.45, 2.75) is 51.5 Å². The highest BCUT2D eigenvalue weighted by molar-refractivity contribution is 6.34. The summed E-state index contributed by atoms with van der Waals surface area (Å²) in [6.07, 6.45) is 3.78. The van der Waals surface area contributed by atoms with Gasteiger partial charge in [0.05, 0.1) is 5.02 Å². The predicted molar refractivity (Wildman–Crippen MR) is 89.1 cm³/mol. The highest BCUT2D eigenvalue weighted by Gasteiger charge is 2.31. The fraction of sp³-hybridized carbons (Fsp3) is 0.556. The number of benzene rings is 1. The summed E-state index contributed by atoms with van der Waals surface area (Å²) >= 11 is 6.23. The molecule has 1 aromatic heterocycles. The van der Waals surface area contributed by atoms with E-state index in [1.54, 1.807) is 0 Å². The summed E-state index contributed by atoms with van der Waals surface area (Å²) in [4.78, 5) is 0. The van der Waals surface area contributed by atoms with Crippen LogP contribution in [0.5, 0.6) is 0 Å². The summed E-state index contributed by atoms with van der Waals surface area (Å²) in [6.45, 7) is 7.71. The number of hydrogen-bond acceptors (Lipinski definition) is 2. The first-order chi connectivity index (χ1) is 9.94. The van der Waals surface area contributed by atoms with Crippen molar-refractivity contribution in [3.05, 3.63) is 35.0 Å². The third kappa shape index (κ3) is 3.27. The number of nitrogens with one attached hydrogen (secondary N) is 1. The normalized spacial score (nSPS) is 23.0. The van der Waals surface area contributed by atoms with E-state index in [1.165, 1.54) is 19.3 Å². The maximum atomic E-state index is 6.23. The van der Waals surface area contributed by atoms with Crippen LogP contribution < -0.4 is 5.32 Å². The van der Waals surface area contributed by atoms with E-state index >= 15 is 0 Å². The lowest BCUT2D eigenvalue weighted by Gasteiger charge is -2.25. The van der Waals surface area contributed by atoms with Gasteiger partial charge in [-0.1, -0.05) is 30.2 Å². The Morgan fingerprint density at radius 2 is 2.10 bits per heavy atom. The van der Waals surface area contributed by atoms with E-state index in [4.69, 9.17) is 16.0 Å². The lowest BCUT2D eigenvalue weighted by atomic mass is 9.92. The molecule has 1 heterocycles. The average molecular weight is 306 g/mol. The first kappa shape index (κ1) is 14.9. The van der Waals surface area contributed by atoms with Crippen molar-refractivity contribution < 1.29 is 4.42 Å². The lowest BCUT2D eigenvalue weighted by molar-refractivity contribution is 0.338. The molecule has 0 saturated heterocycles. The molecule has 114 valence electrons. The van der Waals surface area contributed by atoms with Crippen molar-refractivity contribution in [3.63, 3.8) is 0 Å². The fourth-order valence-electron chi connectivity index (χ4n) is 3.32. The molecular formula is C18H24ClNO. The lowest BCUT2D eigenvalue weighted by Crippen LogP contribution is -2.39. The number of furan rings is 1. The van der Waals surface area contributed by atoms with Gasteiger partial charge in [-0.05, 0) is 58.2 Å². The minimum absolute atomic E-state index is 0.171. The van der Waals surface area contributed by atoms with E-state index < -0.39 is 0 Å². The quantitative estimate of drug-likeness (QED) is 0.826. The summed E-state index contributed by atoms with van der Waals surface area (Å²) in [7, 11) is 0. The van der Waals surface area contributed by atoms with Crippen molar-refractivity contribution >= 4 is 22.6 Å². The third-order valence-corrected chi connectivity index (χ3v) is 4.73. The molecule has 0 aliphatic heterocycles. The Hall–Kier alpha value is -0.990. The Morgan fingerprint density at radius 1 is 1.29 bits per heavy atom. The van der Waals surface area contributed by atoms with Gasteiger partial charge in [0.1, 0.15) is 5.76 Å². The van der Waals surface area contributed by atoms with Crippen LogP contribution in [0, 0.1) is 5.92 Å². The smallest absolute Gasteiger partial charge is 0.152 e. The number of halogens is 1. The highest BCUT2D eigenvalue weighted by Crippen LogP contribution is 2.42. The van der Waals surface area contributed by atoms with Crippen LogP contribution in [0.15, 0.2) is 28.7 Å². The molecule has 1 aromatic carbocycles. The second kappa shape index (κ2) is 5.66. The van der Waals surface area contributed by atoms with E-state index in [-0.39, 0.29) is 5.54 Å². The zero-order valence-corrected chi connectivity index (χ0v) is 13.8. The number of fused-ring (bicyclic) bond motifs is 1.